The molecule has 0 saturated heterocycles. The van der Waals surface area contributed by atoms with Gasteiger partial charge in [0.2, 0.25) is 5.91 Å². The number of methoxy groups -OCH3 is 1. The average Bonchev–Trinajstić information content (AvgIpc) is 2.72. The van der Waals surface area contributed by atoms with Crippen LogP contribution in [-0.2, 0) is 17.4 Å². The van der Waals surface area contributed by atoms with E-state index in [4.69, 9.17) is 9.15 Å². The molecule has 1 aromatic heterocycles. The lowest BCUT2D eigenvalue weighted by molar-refractivity contribution is -0.136. The summed E-state index contributed by atoms with van der Waals surface area (Å²) in [6.45, 7) is 1.74. The summed E-state index contributed by atoms with van der Waals surface area (Å²) >= 11 is 0. The Balaban J connectivity index is 1.81. The van der Waals surface area contributed by atoms with Crippen LogP contribution in [0.2, 0.25) is 0 Å². The third-order valence-corrected chi connectivity index (χ3v) is 5.20. The molecule has 170 valence electrons. The molecule has 0 saturated carbocycles. The Kier molecular flexibility index (Phi) is 6.47. The number of nitrogens with zero attached hydrogens (tertiary/aromatic N) is 1. The summed E-state index contributed by atoms with van der Waals surface area (Å²) in [7, 11) is 4.75. The van der Waals surface area contributed by atoms with E-state index in [1.54, 1.807) is 39.2 Å². The molecule has 6 nitrogen and oxygen atoms in total. The van der Waals surface area contributed by atoms with Crippen LogP contribution in [0.25, 0.3) is 11.0 Å². The number of aryl methyl sites for hydroxylation is 1. The lowest BCUT2D eigenvalue weighted by Gasteiger charge is -2.18. The van der Waals surface area contributed by atoms with Crippen LogP contribution in [0, 0.1) is 6.92 Å². The van der Waals surface area contributed by atoms with Gasteiger partial charge in [0.05, 0.1) is 18.4 Å². The quantitative estimate of drug-likeness (QED) is 0.551. The first kappa shape index (κ1) is 23.2. The highest BCUT2D eigenvalue weighted by Gasteiger charge is 2.34. The predicted octanol–water partition coefficient (Wildman–Crippen LogP) is 4.77. The van der Waals surface area contributed by atoms with Crippen LogP contribution in [0.3, 0.4) is 0 Å². The fourth-order valence-electron chi connectivity index (χ4n) is 3.40. The zero-order valence-corrected chi connectivity index (χ0v) is 18.1. The molecule has 0 fully saturated rings. The van der Waals surface area contributed by atoms with Crippen molar-refractivity contribution < 1.29 is 27.1 Å². The maximum atomic E-state index is 13.5. The Morgan fingerprint density at radius 3 is 2.50 bits per heavy atom. The van der Waals surface area contributed by atoms with Crippen molar-refractivity contribution in [3.8, 4) is 5.75 Å². The fraction of sp³-hybridized carbons (Fsp3) is 0.304. The average molecular weight is 448 g/mol. The minimum atomic E-state index is -4.63. The summed E-state index contributed by atoms with van der Waals surface area (Å²) in [6, 6.07) is 8.75. The molecular formula is C23H23F3N2O4. The number of fused-ring (bicyclic) bond motifs is 1. The van der Waals surface area contributed by atoms with E-state index in [9.17, 15) is 22.8 Å². The van der Waals surface area contributed by atoms with E-state index < -0.39 is 23.3 Å². The van der Waals surface area contributed by atoms with Gasteiger partial charge in [-0.2, -0.15) is 13.2 Å². The van der Waals surface area contributed by atoms with Crippen LogP contribution in [0.4, 0.5) is 24.5 Å². The molecule has 0 atom stereocenters. The third kappa shape index (κ3) is 4.87. The summed E-state index contributed by atoms with van der Waals surface area (Å²) < 4.78 is 50.9. The lowest BCUT2D eigenvalue weighted by Crippen LogP contribution is -2.19. The van der Waals surface area contributed by atoms with E-state index in [-0.39, 0.29) is 18.5 Å². The van der Waals surface area contributed by atoms with Crippen molar-refractivity contribution in [2.24, 2.45) is 0 Å². The molecule has 0 radical (unpaired) electrons. The Hall–Kier alpha value is -3.49. The van der Waals surface area contributed by atoms with Crippen LogP contribution >= 0.6 is 0 Å². The third-order valence-electron chi connectivity index (χ3n) is 5.20. The predicted molar refractivity (Wildman–Crippen MR) is 116 cm³/mol. The minimum Gasteiger partial charge on any atom is -0.497 e. The van der Waals surface area contributed by atoms with Crippen LogP contribution < -0.4 is 20.6 Å². The molecule has 32 heavy (non-hydrogen) atoms. The van der Waals surface area contributed by atoms with Crippen LogP contribution in [0.1, 0.15) is 23.1 Å². The highest BCUT2D eigenvalue weighted by molar-refractivity contribution is 5.92. The van der Waals surface area contributed by atoms with Crippen LogP contribution in [-0.4, -0.2) is 27.1 Å². The SMILES string of the molecule is COc1ccc2c(C)c(CCC(=O)Nc3ccc(N(C)C)cc3C(F)(F)F)c(=O)oc2c1. The first-order chi connectivity index (χ1) is 15.0. The van der Waals surface area contributed by atoms with E-state index in [0.29, 0.717) is 33.5 Å². The van der Waals surface area contributed by atoms with Crippen molar-refractivity contribution in [3.63, 3.8) is 0 Å². The number of carbonyl (C=O) groups is 1. The number of hydrogen-bond donors (Lipinski definition) is 1. The molecule has 1 heterocycles. The van der Waals surface area contributed by atoms with Gasteiger partial charge in [0.1, 0.15) is 11.3 Å². The maximum absolute atomic E-state index is 13.5. The topological polar surface area (TPSA) is 71.8 Å². The van der Waals surface area contributed by atoms with Gasteiger partial charge in [-0.25, -0.2) is 4.79 Å². The lowest BCUT2D eigenvalue weighted by atomic mass is 10.0. The number of halogens is 3. The highest BCUT2D eigenvalue weighted by atomic mass is 19.4. The second-order valence-corrected chi connectivity index (χ2v) is 7.53. The van der Waals surface area contributed by atoms with Gasteiger partial charge in [0, 0.05) is 43.2 Å². The number of alkyl halides is 3. The highest BCUT2D eigenvalue weighted by Crippen LogP contribution is 2.37. The Labute approximate surface area is 182 Å². The van der Waals surface area contributed by atoms with E-state index in [1.165, 1.54) is 24.1 Å². The van der Waals surface area contributed by atoms with Gasteiger partial charge in [-0.15, -0.1) is 0 Å². The minimum absolute atomic E-state index is 0.0269. The molecule has 1 N–H and O–H groups in total. The Bertz CT molecular complexity index is 1220. The molecule has 0 aliphatic heterocycles. The number of nitrogens with one attached hydrogen (secondary N) is 1. The molecule has 3 aromatic rings. The summed E-state index contributed by atoms with van der Waals surface area (Å²) in [6.07, 6.45) is -4.79. The van der Waals surface area contributed by atoms with Gasteiger partial charge in [0.15, 0.2) is 0 Å². The van der Waals surface area contributed by atoms with Crippen LogP contribution in [0.15, 0.2) is 45.6 Å². The number of amides is 1. The summed E-state index contributed by atoms with van der Waals surface area (Å²) in [5.41, 5.74) is -0.195. The molecule has 1 amide bonds. The van der Waals surface area contributed by atoms with Crippen molar-refractivity contribution in [2.45, 2.75) is 25.9 Å². The zero-order valence-electron chi connectivity index (χ0n) is 18.1. The monoisotopic (exact) mass is 448 g/mol. The van der Waals surface area contributed by atoms with Crippen molar-refractivity contribution in [1.82, 2.24) is 0 Å². The number of carbonyl (C=O) groups excluding carboxylic acids is 1. The van der Waals surface area contributed by atoms with Gasteiger partial charge >= 0.3 is 11.8 Å². The summed E-state index contributed by atoms with van der Waals surface area (Å²) in [4.78, 5) is 26.4. The Morgan fingerprint density at radius 2 is 1.88 bits per heavy atom. The van der Waals surface area contributed by atoms with Gasteiger partial charge in [-0.05, 0) is 49.2 Å². The molecule has 3 rings (SSSR count). The number of ether oxygens (including phenoxy) is 1. The number of anilines is 2. The Morgan fingerprint density at radius 1 is 1.16 bits per heavy atom. The summed E-state index contributed by atoms with van der Waals surface area (Å²) in [5, 5.41) is 3.01. The zero-order chi connectivity index (χ0) is 23.6. The normalized spacial score (nSPS) is 11.5. The molecule has 0 aliphatic carbocycles. The molecule has 0 unspecified atom stereocenters. The van der Waals surface area contributed by atoms with Gasteiger partial charge in [0.25, 0.3) is 0 Å². The number of benzene rings is 2. The second kappa shape index (κ2) is 8.94. The largest absolute Gasteiger partial charge is 0.497 e. The van der Waals surface area contributed by atoms with Crippen molar-refractivity contribution in [2.75, 3.05) is 31.4 Å². The van der Waals surface area contributed by atoms with Crippen LogP contribution in [0.5, 0.6) is 5.75 Å². The number of hydrogen-bond acceptors (Lipinski definition) is 5. The van der Waals surface area contributed by atoms with Gasteiger partial charge in [-0.3, -0.25) is 4.79 Å². The molecule has 9 heteroatoms. The number of rotatable bonds is 6. The first-order valence-electron chi connectivity index (χ1n) is 9.80. The van der Waals surface area contributed by atoms with E-state index in [1.807, 2.05) is 0 Å². The fourth-order valence-corrected chi connectivity index (χ4v) is 3.40. The molecule has 0 bridgehead atoms. The molecule has 2 aromatic carbocycles. The van der Waals surface area contributed by atoms with E-state index in [2.05, 4.69) is 5.32 Å². The van der Waals surface area contributed by atoms with Gasteiger partial charge < -0.3 is 19.4 Å². The first-order valence-corrected chi connectivity index (χ1v) is 9.80. The summed E-state index contributed by atoms with van der Waals surface area (Å²) in [5.74, 6) is -0.102. The van der Waals surface area contributed by atoms with Crippen molar-refractivity contribution in [3.05, 3.63) is 63.5 Å². The van der Waals surface area contributed by atoms with Crippen molar-refractivity contribution >= 4 is 28.3 Å². The van der Waals surface area contributed by atoms with E-state index in [0.717, 1.165) is 6.07 Å². The standard InChI is InChI=1S/C23H23F3N2O4/c1-13-16-7-6-15(31-4)12-20(16)32-22(30)17(13)8-10-21(29)27-19-9-5-14(28(2)3)11-18(19)23(24,25)26/h5-7,9,11-12H,8,10H2,1-4H3,(H,27,29). The molecular weight excluding hydrogens is 425 g/mol. The smallest absolute Gasteiger partial charge is 0.418 e. The molecule has 0 spiro atoms. The van der Waals surface area contributed by atoms with Gasteiger partial charge in [-0.1, -0.05) is 0 Å². The maximum Gasteiger partial charge on any atom is 0.418 e. The second-order valence-electron chi connectivity index (χ2n) is 7.53. The van der Waals surface area contributed by atoms with Crippen molar-refractivity contribution in [1.29, 1.82) is 0 Å². The van der Waals surface area contributed by atoms with E-state index >= 15 is 0 Å². The molecule has 0 aliphatic rings.